The Bertz CT molecular complexity index is 492. The zero-order valence-electron chi connectivity index (χ0n) is 15.1. The van der Waals surface area contributed by atoms with Crippen molar-refractivity contribution in [3.8, 4) is 0 Å². The molecule has 3 atom stereocenters. The SMILES string of the molecule is CC(NC(=O)CNC1CCCCC1C(C)(C)C)c1ccccc1. The van der Waals surface area contributed by atoms with Crippen LogP contribution in [0.1, 0.15) is 65.0 Å². The highest BCUT2D eigenvalue weighted by atomic mass is 16.1. The molecule has 1 saturated carbocycles. The van der Waals surface area contributed by atoms with Crippen molar-refractivity contribution in [1.29, 1.82) is 0 Å². The Morgan fingerprint density at radius 1 is 1.17 bits per heavy atom. The quantitative estimate of drug-likeness (QED) is 0.860. The van der Waals surface area contributed by atoms with Crippen LogP contribution in [0.4, 0.5) is 0 Å². The summed E-state index contributed by atoms with van der Waals surface area (Å²) in [5.74, 6) is 0.732. The molecule has 0 aliphatic heterocycles. The van der Waals surface area contributed by atoms with Gasteiger partial charge in [0.2, 0.25) is 5.91 Å². The molecule has 3 nitrogen and oxygen atoms in total. The van der Waals surface area contributed by atoms with Gasteiger partial charge in [0.25, 0.3) is 0 Å². The van der Waals surface area contributed by atoms with Crippen LogP contribution in [-0.2, 0) is 4.79 Å². The third-order valence-electron chi connectivity index (χ3n) is 5.08. The molecular weight excluding hydrogens is 284 g/mol. The molecule has 1 aliphatic carbocycles. The first-order valence-electron chi connectivity index (χ1n) is 8.95. The van der Waals surface area contributed by atoms with E-state index in [1.807, 2.05) is 25.1 Å². The van der Waals surface area contributed by atoms with Crippen molar-refractivity contribution in [2.24, 2.45) is 11.3 Å². The molecule has 0 radical (unpaired) electrons. The lowest BCUT2D eigenvalue weighted by atomic mass is 9.69. The maximum atomic E-state index is 12.3. The van der Waals surface area contributed by atoms with Crippen molar-refractivity contribution in [3.63, 3.8) is 0 Å². The van der Waals surface area contributed by atoms with Gasteiger partial charge in [0, 0.05) is 6.04 Å². The summed E-state index contributed by atoms with van der Waals surface area (Å²) in [6.45, 7) is 9.39. The minimum atomic E-state index is 0.0512. The molecule has 128 valence electrons. The van der Waals surface area contributed by atoms with Gasteiger partial charge in [-0.15, -0.1) is 0 Å². The topological polar surface area (TPSA) is 41.1 Å². The Hall–Kier alpha value is -1.35. The van der Waals surface area contributed by atoms with Crippen molar-refractivity contribution in [2.45, 2.75) is 65.5 Å². The lowest BCUT2D eigenvalue weighted by molar-refractivity contribution is -0.121. The maximum absolute atomic E-state index is 12.3. The first-order valence-corrected chi connectivity index (χ1v) is 8.95. The van der Waals surface area contributed by atoms with Crippen LogP contribution in [-0.4, -0.2) is 18.5 Å². The lowest BCUT2D eigenvalue weighted by Gasteiger charge is -2.41. The van der Waals surface area contributed by atoms with E-state index in [9.17, 15) is 4.79 Å². The third kappa shape index (κ3) is 5.35. The van der Waals surface area contributed by atoms with E-state index >= 15 is 0 Å². The van der Waals surface area contributed by atoms with E-state index in [4.69, 9.17) is 0 Å². The number of benzene rings is 1. The molecule has 0 spiro atoms. The van der Waals surface area contributed by atoms with Crippen LogP contribution in [0, 0.1) is 11.3 Å². The normalized spacial score (nSPS) is 23.3. The van der Waals surface area contributed by atoms with E-state index in [-0.39, 0.29) is 11.9 Å². The van der Waals surface area contributed by atoms with Crippen molar-refractivity contribution >= 4 is 5.91 Å². The molecule has 3 heteroatoms. The van der Waals surface area contributed by atoms with Gasteiger partial charge >= 0.3 is 0 Å². The molecule has 2 N–H and O–H groups in total. The van der Waals surface area contributed by atoms with Gasteiger partial charge in [-0.25, -0.2) is 0 Å². The summed E-state index contributed by atoms with van der Waals surface area (Å²) in [5, 5.41) is 6.61. The smallest absolute Gasteiger partial charge is 0.234 e. The molecular formula is C20H32N2O. The third-order valence-corrected chi connectivity index (χ3v) is 5.08. The maximum Gasteiger partial charge on any atom is 0.234 e. The number of carbonyl (C=O) groups excluding carboxylic acids is 1. The Balaban J connectivity index is 1.83. The van der Waals surface area contributed by atoms with Crippen molar-refractivity contribution in [1.82, 2.24) is 10.6 Å². The molecule has 1 aromatic carbocycles. The zero-order chi connectivity index (χ0) is 16.9. The minimum absolute atomic E-state index is 0.0512. The highest BCUT2D eigenvalue weighted by Crippen LogP contribution is 2.37. The fourth-order valence-electron chi connectivity index (χ4n) is 3.75. The molecule has 1 aromatic rings. The van der Waals surface area contributed by atoms with E-state index < -0.39 is 0 Å². The van der Waals surface area contributed by atoms with Crippen LogP contribution in [0.2, 0.25) is 0 Å². The summed E-state index contributed by atoms with van der Waals surface area (Å²) in [6.07, 6.45) is 5.04. The average Bonchev–Trinajstić information content (AvgIpc) is 2.53. The summed E-state index contributed by atoms with van der Waals surface area (Å²) < 4.78 is 0. The van der Waals surface area contributed by atoms with Gasteiger partial charge in [-0.3, -0.25) is 4.79 Å². The Morgan fingerprint density at radius 2 is 1.83 bits per heavy atom. The number of hydrogen-bond acceptors (Lipinski definition) is 2. The number of hydrogen-bond donors (Lipinski definition) is 2. The molecule has 0 bridgehead atoms. The number of nitrogens with one attached hydrogen (secondary N) is 2. The minimum Gasteiger partial charge on any atom is -0.348 e. The van der Waals surface area contributed by atoms with Crippen molar-refractivity contribution in [3.05, 3.63) is 35.9 Å². The van der Waals surface area contributed by atoms with Gasteiger partial charge in [0.05, 0.1) is 12.6 Å². The fourth-order valence-corrected chi connectivity index (χ4v) is 3.75. The van der Waals surface area contributed by atoms with E-state index in [0.717, 1.165) is 5.56 Å². The summed E-state index contributed by atoms with van der Waals surface area (Å²) in [6, 6.07) is 10.6. The van der Waals surface area contributed by atoms with E-state index in [0.29, 0.717) is 23.9 Å². The first-order chi connectivity index (χ1) is 10.9. The van der Waals surface area contributed by atoms with Crippen LogP contribution in [0.5, 0.6) is 0 Å². The van der Waals surface area contributed by atoms with Crippen LogP contribution in [0.15, 0.2) is 30.3 Å². The molecule has 3 unspecified atom stereocenters. The zero-order valence-corrected chi connectivity index (χ0v) is 15.1. The van der Waals surface area contributed by atoms with Gasteiger partial charge < -0.3 is 10.6 Å². The predicted octanol–water partition coefficient (Wildman–Crippen LogP) is 4.06. The van der Waals surface area contributed by atoms with E-state index in [1.54, 1.807) is 0 Å². The average molecular weight is 316 g/mol. The Morgan fingerprint density at radius 3 is 2.48 bits per heavy atom. The summed E-state index contributed by atoms with van der Waals surface area (Å²) in [5.41, 5.74) is 1.44. The largest absolute Gasteiger partial charge is 0.348 e. The first kappa shape index (κ1) is 18.0. The molecule has 1 aliphatic rings. The molecule has 0 saturated heterocycles. The monoisotopic (exact) mass is 316 g/mol. The predicted molar refractivity (Wildman–Crippen MR) is 96.2 cm³/mol. The van der Waals surface area contributed by atoms with Gasteiger partial charge in [0.1, 0.15) is 0 Å². The molecule has 23 heavy (non-hydrogen) atoms. The number of rotatable bonds is 5. The second-order valence-corrected chi connectivity index (χ2v) is 7.94. The summed E-state index contributed by atoms with van der Waals surface area (Å²) >= 11 is 0. The summed E-state index contributed by atoms with van der Waals surface area (Å²) in [4.78, 5) is 12.3. The Labute approximate surface area is 141 Å². The van der Waals surface area contributed by atoms with Gasteiger partial charge in [-0.2, -0.15) is 0 Å². The van der Waals surface area contributed by atoms with Gasteiger partial charge in [0.15, 0.2) is 0 Å². The number of carbonyl (C=O) groups is 1. The number of amides is 1. The second kappa shape index (κ2) is 7.96. The van der Waals surface area contributed by atoms with Gasteiger partial charge in [-0.1, -0.05) is 63.9 Å². The van der Waals surface area contributed by atoms with Crippen molar-refractivity contribution < 1.29 is 4.79 Å². The molecule has 1 fully saturated rings. The molecule has 0 heterocycles. The Kier molecular flexibility index (Phi) is 6.23. The fraction of sp³-hybridized carbons (Fsp3) is 0.650. The van der Waals surface area contributed by atoms with Crippen LogP contribution >= 0.6 is 0 Å². The van der Waals surface area contributed by atoms with Crippen LogP contribution in [0.25, 0.3) is 0 Å². The van der Waals surface area contributed by atoms with Crippen molar-refractivity contribution in [2.75, 3.05) is 6.54 Å². The highest BCUT2D eigenvalue weighted by molar-refractivity contribution is 5.78. The highest BCUT2D eigenvalue weighted by Gasteiger charge is 2.33. The summed E-state index contributed by atoms with van der Waals surface area (Å²) in [7, 11) is 0. The standard InChI is InChI=1S/C20H32N2O/c1-15(16-10-6-5-7-11-16)22-19(23)14-21-18-13-9-8-12-17(18)20(2,3)4/h5-7,10-11,15,17-18,21H,8-9,12-14H2,1-4H3,(H,22,23). The molecule has 1 amide bonds. The van der Waals surface area contributed by atoms with Crippen LogP contribution < -0.4 is 10.6 Å². The van der Waals surface area contributed by atoms with Crippen LogP contribution in [0.3, 0.4) is 0 Å². The van der Waals surface area contributed by atoms with E-state index in [2.05, 4.69) is 43.5 Å². The molecule has 2 rings (SSSR count). The lowest BCUT2D eigenvalue weighted by Crippen LogP contribution is -2.47. The van der Waals surface area contributed by atoms with E-state index in [1.165, 1.54) is 25.7 Å². The second-order valence-electron chi connectivity index (χ2n) is 7.94. The van der Waals surface area contributed by atoms with Gasteiger partial charge in [-0.05, 0) is 36.7 Å². The molecule has 0 aromatic heterocycles.